The van der Waals surface area contributed by atoms with Crippen molar-refractivity contribution in [2.75, 3.05) is 11.8 Å². The van der Waals surface area contributed by atoms with Gasteiger partial charge in [-0.2, -0.15) is 0 Å². The molecule has 7 nitrogen and oxygen atoms in total. The number of thiophene rings is 1. The number of ether oxygens (including phenoxy) is 1. The minimum absolute atomic E-state index is 0.0674. The minimum atomic E-state index is -4.13. The number of carbonyl (C=O) groups is 2. The summed E-state index contributed by atoms with van der Waals surface area (Å²) in [6.45, 7) is 0. The molecule has 23 heavy (non-hydrogen) atoms. The summed E-state index contributed by atoms with van der Waals surface area (Å²) < 4.78 is 44.8. The Balaban J connectivity index is 2.40. The number of benzene rings is 1. The predicted molar refractivity (Wildman–Crippen MR) is 81.4 cm³/mol. The SMILES string of the molecule is COC(=O)c1sccc1S(=O)(=O)Nc1ccc(F)c(C(N)=O)c1. The van der Waals surface area contributed by atoms with Crippen LogP contribution in [0.1, 0.15) is 20.0 Å². The molecule has 0 bridgehead atoms. The smallest absolute Gasteiger partial charge is 0.349 e. The Morgan fingerprint density at radius 1 is 1.30 bits per heavy atom. The molecule has 0 atom stereocenters. The molecule has 1 aromatic heterocycles. The average Bonchev–Trinajstić information content (AvgIpc) is 2.98. The maximum Gasteiger partial charge on any atom is 0.349 e. The number of primary amides is 1. The fourth-order valence-electron chi connectivity index (χ4n) is 1.74. The Kier molecular flexibility index (Phi) is 4.66. The summed E-state index contributed by atoms with van der Waals surface area (Å²) in [5, 5.41) is 1.42. The van der Waals surface area contributed by atoms with Crippen LogP contribution in [0.2, 0.25) is 0 Å². The van der Waals surface area contributed by atoms with Crippen molar-refractivity contribution < 1.29 is 27.1 Å². The van der Waals surface area contributed by atoms with Crippen molar-refractivity contribution in [1.82, 2.24) is 0 Å². The Hall–Kier alpha value is -2.46. The van der Waals surface area contributed by atoms with Crippen LogP contribution in [0.25, 0.3) is 0 Å². The summed E-state index contributed by atoms with van der Waals surface area (Å²) in [5.74, 6) is -2.70. The quantitative estimate of drug-likeness (QED) is 0.787. The van der Waals surface area contributed by atoms with Crippen LogP contribution in [0.15, 0.2) is 34.5 Å². The first kappa shape index (κ1) is 16.9. The highest BCUT2D eigenvalue weighted by Crippen LogP contribution is 2.25. The molecule has 2 rings (SSSR count). The number of halogens is 1. The van der Waals surface area contributed by atoms with Gasteiger partial charge in [0.25, 0.3) is 15.9 Å². The monoisotopic (exact) mass is 358 g/mol. The molecule has 3 N–H and O–H groups in total. The molecule has 1 aromatic carbocycles. The number of rotatable bonds is 5. The maximum absolute atomic E-state index is 13.4. The van der Waals surface area contributed by atoms with E-state index in [1.54, 1.807) is 0 Å². The lowest BCUT2D eigenvalue weighted by Gasteiger charge is -2.09. The minimum Gasteiger partial charge on any atom is -0.465 e. The van der Waals surface area contributed by atoms with Crippen molar-refractivity contribution in [3.63, 3.8) is 0 Å². The maximum atomic E-state index is 13.4. The van der Waals surface area contributed by atoms with E-state index in [-0.39, 0.29) is 15.5 Å². The molecular formula is C13H11FN2O5S2. The van der Waals surface area contributed by atoms with Crippen molar-refractivity contribution in [3.8, 4) is 0 Å². The summed E-state index contributed by atoms with van der Waals surface area (Å²) in [7, 11) is -3.00. The Morgan fingerprint density at radius 2 is 2.00 bits per heavy atom. The molecule has 10 heteroatoms. The number of amides is 1. The van der Waals surface area contributed by atoms with Gasteiger partial charge in [0.15, 0.2) is 0 Å². The summed E-state index contributed by atoms with van der Waals surface area (Å²) >= 11 is 0.902. The van der Waals surface area contributed by atoms with Crippen molar-refractivity contribution in [2.24, 2.45) is 5.73 Å². The zero-order valence-corrected chi connectivity index (χ0v) is 13.3. The molecule has 0 aliphatic carbocycles. The highest BCUT2D eigenvalue weighted by molar-refractivity contribution is 7.93. The number of methoxy groups -OCH3 is 1. The number of sulfonamides is 1. The zero-order chi connectivity index (χ0) is 17.2. The second-order valence-corrected chi connectivity index (χ2v) is 6.84. The van der Waals surface area contributed by atoms with Gasteiger partial charge < -0.3 is 10.5 Å². The van der Waals surface area contributed by atoms with Gasteiger partial charge >= 0.3 is 5.97 Å². The normalized spacial score (nSPS) is 11.0. The van der Waals surface area contributed by atoms with Crippen LogP contribution in [0.5, 0.6) is 0 Å². The van der Waals surface area contributed by atoms with Gasteiger partial charge in [0.1, 0.15) is 15.6 Å². The van der Waals surface area contributed by atoms with E-state index in [1.807, 2.05) is 0 Å². The molecule has 0 saturated carbocycles. The first-order valence-electron chi connectivity index (χ1n) is 6.04. The second kappa shape index (κ2) is 6.34. The van der Waals surface area contributed by atoms with Crippen LogP contribution in [0.3, 0.4) is 0 Å². The number of nitrogens with one attached hydrogen (secondary N) is 1. The van der Waals surface area contributed by atoms with Crippen LogP contribution in [-0.2, 0) is 14.8 Å². The number of nitrogens with two attached hydrogens (primary N) is 1. The molecule has 0 radical (unpaired) electrons. The van der Waals surface area contributed by atoms with E-state index in [4.69, 9.17) is 5.73 Å². The van der Waals surface area contributed by atoms with Gasteiger partial charge in [0.05, 0.1) is 12.7 Å². The van der Waals surface area contributed by atoms with E-state index in [9.17, 15) is 22.4 Å². The summed E-state index contributed by atoms with van der Waals surface area (Å²) in [5.41, 5.74) is 4.49. The Morgan fingerprint density at radius 3 is 2.61 bits per heavy atom. The van der Waals surface area contributed by atoms with Crippen LogP contribution < -0.4 is 10.5 Å². The molecule has 0 unspecified atom stereocenters. The van der Waals surface area contributed by atoms with Crippen LogP contribution >= 0.6 is 11.3 Å². The van der Waals surface area contributed by atoms with Crippen molar-refractivity contribution in [2.45, 2.75) is 4.90 Å². The van der Waals surface area contributed by atoms with E-state index in [0.717, 1.165) is 36.6 Å². The van der Waals surface area contributed by atoms with Gasteiger partial charge in [0, 0.05) is 5.69 Å². The van der Waals surface area contributed by atoms with Gasteiger partial charge in [-0.05, 0) is 29.6 Å². The van der Waals surface area contributed by atoms with E-state index in [0.29, 0.717) is 0 Å². The number of hydrogen-bond acceptors (Lipinski definition) is 6. The van der Waals surface area contributed by atoms with Gasteiger partial charge in [-0.1, -0.05) is 0 Å². The number of anilines is 1. The Labute approximate surface area is 134 Å². The van der Waals surface area contributed by atoms with Crippen LogP contribution in [0, 0.1) is 5.82 Å². The molecule has 0 saturated heterocycles. The first-order valence-corrected chi connectivity index (χ1v) is 8.40. The zero-order valence-electron chi connectivity index (χ0n) is 11.7. The third-order valence-corrected chi connectivity index (χ3v) is 5.22. The Bertz CT molecular complexity index is 876. The lowest BCUT2D eigenvalue weighted by atomic mass is 10.2. The molecule has 0 aliphatic rings. The van der Waals surface area contributed by atoms with Crippen LogP contribution in [-0.4, -0.2) is 27.4 Å². The molecular weight excluding hydrogens is 347 g/mol. The van der Waals surface area contributed by atoms with Crippen molar-refractivity contribution >= 4 is 38.9 Å². The van der Waals surface area contributed by atoms with Gasteiger partial charge in [-0.15, -0.1) is 11.3 Å². The molecule has 1 heterocycles. The van der Waals surface area contributed by atoms with Crippen molar-refractivity contribution in [3.05, 3.63) is 45.9 Å². The van der Waals surface area contributed by atoms with Gasteiger partial charge in [-0.3, -0.25) is 9.52 Å². The molecule has 0 fully saturated rings. The summed E-state index contributed by atoms with van der Waals surface area (Å²) in [6, 6.07) is 4.24. The number of esters is 1. The summed E-state index contributed by atoms with van der Waals surface area (Å²) in [6.07, 6.45) is 0. The average molecular weight is 358 g/mol. The number of carbonyl (C=O) groups excluding carboxylic acids is 2. The molecule has 0 aliphatic heterocycles. The third-order valence-electron chi connectivity index (χ3n) is 2.77. The van der Waals surface area contributed by atoms with E-state index in [2.05, 4.69) is 9.46 Å². The fraction of sp³-hybridized carbons (Fsp3) is 0.0769. The molecule has 1 amide bonds. The van der Waals surface area contributed by atoms with Crippen molar-refractivity contribution in [1.29, 1.82) is 0 Å². The van der Waals surface area contributed by atoms with E-state index in [1.165, 1.54) is 11.4 Å². The highest BCUT2D eigenvalue weighted by atomic mass is 32.2. The highest BCUT2D eigenvalue weighted by Gasteiger charge is 2.25. The van der Waals surface area contributed by atoms with E-state index < -0.39 is 33.3 Å². The lowest BCUT2D eigenvalue weighted by Crippen LogP contribution is -2.17. The molecule has 2 aromatic rings. The van der Waals surface area contributed by atoms with Gasteiger partial charge in [0.2, 0.25) is 0 Å². The fourth-order valence-corrected chi connectivity index (χ4v) is 4.12. The summed E-state index contributed by atoms with van der Waals surface area (Å²) in [4.78, 5) is 22.3. The third kappa shape index (κ3) is 3.48. The van der Waals surface area contributed by atoms with E-state index >= 15 is 0 Å². The number of hydrogen-bond donors (Lipinski definition) is 2. The second-order valence-electron chi connectivity index (χ2n) is 4.27. The predicted octanol–water partition coefficient (Wildman–Crippen LogP) is 1.57. The largest absolute Gasteiger partial charge is 0.465 e. The molecule has 122 valence electrons. The van der Waals surface area contributed by atoms with Gasteiger partial charge in [-0.25, -0.2) is 17.6 Å². The first-order chi connectivity index (χ1) is 10.8. The molecule has 0 spiro atoms. The van der Waals surface area contributed by atoms with Crippen LogP contribution in [0.4, 0.5) is 10.1 Å². The standard InChI is InChI=1S/C13H11FN2O5S2/c1-21-13(18)11-10(4-5-22-11)23(19,20)16-7-2-3-9(14)8(6-7)12(15)17/h2-6,16H,1H3,(H2,15,17). The topological polar surface area (TPSA) is 116 Å². The lowest BCUT2D eigenvalue weighted by molar-refractivity contribution is 0.0602.